The number of hydrogen-bond donors (Lipinski definition) is 3. The molecule has 0 spiro atoms. The molecule has 1 fully saturated rings. The molecule has 1 aromatic heterocycles. The highest BCUT2D eigenvalue weighted by Gasteiger charge is 2.25. The van der Waals surface area contributed by atoms with E-state index in [-0.39, 0.29) is 18.4 Å². The van der Waals surface area contributed by atoms with Crippen molar-refractivity contribution < 1.29 is 9.90 Å². The number of nitrogens with one attached hydrogen (secondary N) is 2. The summed E-state index contributed by atoms with van der Waals surface area (Å²) in [6, 6.07) is 3.90. The molecule has 2 rings (SSSR count). The van der Waals surface area contributed by atoms with Crippen molar-refractivity contribution in [2.45, 2.75) is 38.6 Å². The van der Waals surface area contributed by atoms with Gasteiger partial charge in [0.25, 0.3) is 0 Å². The summed E-state index contributed by atoms with van der Waals surface area (Å²) in [5, 5.41) is 11.9. The summed E-state index contributed by atoms with van der Waals surface area (Å²) in [6.07, 6.45) is 6.81. The number of carbonyl (C=O) groups is 1. The molecule has 0 aliphatic heterocycles. The highest BCUT2D eigenvalue weighted by molar-refractivity contribution is 5.78. The van der Waals surface area contributed by atoms with Crippen LogP contribution in [0.25, 0.3) is 0 Å². The summed E-state index contributed by atoms with van der Waals surface area (Å²) < 4.78 is 0. The minimum atomic E-state index is 0.162. The molecule has 0 aromatic carbocycles. The summed E-state index contributed by atoms with van der Waals surface area (Å²) in [5.74, 6) is 0.949. The third-order valence-corrected chi connectivity index (χ3v) is 3.87. The van der Waals surface area contributed by atoms with Crippen LogP contribution < -0.4 is 5.32 Å². The molecule has 1 aliphatic carbocycles. The van der Waals surface area contributed by atoms with Gasteiger partial charge in [0, 0.05) is 24.4 Å². The fraction of sp³-hybridized carbons (Fsp3) is 0.643. The fourth-order valence-electron chi connectivity index (χ4n) is 2.70. The first-order valence-corrected chi connectivity index (χ1v) is 6.80. The number of aliphatic hydroxyl groups excluding tert-OH is 1. The van der Waals surface area contributed by atoms with Gasteiger partial charge in [0.15, 0.2) is 0 Å². The van der Waals surface area contributed by atoms with Crippen molar-refractivity contribution in [3.05, 3.63) is 24.0 Å². The fourth-order valence-corrected chi connectivity index (χ4v) is 2.70. The van der Waals surface area contributed by atoms with E-state index in [4.69, 9.17) is 5.11 Å². The summed E-state index contributed by atoms with van der Waals surface area (Å²) >= 11 is 0. The third-order valence-electron chi connectivity index (χ3n) is 3.87. The molecule has 100 valence electrons. The van der Waals surface area contributed by atoms with Gasteiger partial charge in [-0.3, -0.25) is 4.79 Å². The van der Waals surface area contributed by atoms with E-state index in [0.717, 1.165) is 37.8 Å². The van der Waals surface area contributed by atoms with E-state index < -0.39 is 0 Å². The van der Waals surface area contributed by atoms with E-state index in [1.54, 1.807) is 0 Å². The summed E-state index contributed by atoms with van der Waals surface area (Å²) in [7, 11) is 0. The van der Waals surface area contributed by atoms with Gasteiger partial charge in [0.05, 0.1) is 6.54 Å². The first kappa shape index (κ1) is 13.1. The number of carbonyl (C=O) groups excluding carboxylic acids is 1. The van der Waals surface area contributed by atoms with Crippen LogP contribution in [0.3, 0.4) is 0 Å². The zero-order chi connectivity index (χ0) is 12.8. The lowest BCUT2D eigenvalue weighted by Gasteiger charge is -2.27. The van der Waals surface area contributed by atoms with Gasteiger partial charge in [-0.1, -0.05) is 0 Å². The molecule has 0 unspecified atom stereocenters. The van der Waals surface area contributed by atoms with Crippen LogP contribution in [-0.2, 0) is 11.3 Å². The summed E-state index contributed by atoms with van der Waals surface area (Å²) in [4.78, 5) is 15.1. The Morgan fingerprint density at radius 3 is 2.78 bits per heavy atom. The quantitative estimate of drug-likeness (QED) is 0.746. The Kier molecular flexibility index (Phi) is 4.81. The molecule has 0 radical (unpaired) electrons. The van der Waals surface area contributed by atoms with Gasteiger partial charge in [-0.25, -0.2) is 0 Å². The van der Waals surface area contributed by atoms with E-state index in [0.29, 0.717) is 12.5 Å². The van der Waals surface area contributed by atoms with Gasteiger partial charge in [0.2, 0.25) is 5.91 Å². The topological polar surface area (TPSA) is 65.1 Å². The Hall–Kier alpha value is -1.29. The van der Waals surface area contributed by atoms with Crippen LogP contribution in [0.5, 0.6) is 0 Å². The Morgan fingerprint density at radius 2 is 2.17 bits per heavy atom. The molecular weight excluding hydrogens is 228 g/mol. The van der Waals surface area contributed by atoms with Gasteiger partial charge < -0.3 is 15.4 Å². The maximum atomic E-state index is 12.0. The Balaban J connectivity index is 1.70. The van der Waals surface area contributed by atoms with Gasteiger partial charge >= 0.3 is 0 Å². The molecule has 0 atom stereocenters. The van der Waals surface area contributed by atoms with Crippen LogP contribution in [0.15, 0.2) is 18.3 Å². The molecular formula is C14H22N2O2. The lowest BCUT2D eigenvalue weighted by atomic mass is 9.80. The lowest BCUT2D eigenvalue weighted by molar-refractivity contribution is -0.126. The van der Waals surface area contributed by atoms with Crippen molar-refractivity contribution in [2.24, 2.45) is 11.8 Å². The molecule has 0 bridgehead atoms. The van der Waals surface area contributed by atoms with E-state index in [1.165, 1.54) is 0 Å². The smallest absolute Gasteiger partial charge is 0.223 e. The minimum absolute atomic E-state index is 0.162. The first-order valence-electron chi connectivity index (χ1n) is 6.80. The van der Waals surface area contributed by atoms with Crippen LogP contribution in [-0.4, -0.2) is 22.6 Å². The van der Waals surface area contributed by atoms with Crippen molar-refractivity contribution in [3.8, 4) is 0 Å². The summed E-state index contributed by atoms with van der Waals surface area (Å²) in [5.41, 5.74) is 1.04. The first-order chi connectivity index (χ1) is 8.79. The van der Waals surface area contributed by atoms with E-state index >= 15 is 0 Å². The molecule has 1 aliphatic rings. The van der Waals surface area contributed by atoms with Crippen LogP contribution in [0.4, 0.5) is 0 Å². The normalized spacial score (nSPS) is 23.8. The van der Waals surface area contributed by atoms with Gasteiger partial charge in [-0.05, 0) is 50.2 Å². The number of aromatic amines is 1. The predicted octanol–water partition coefficient (Wildman–Crippen LogP) is 1.82. The standard InChI is InChI=1S/C14H22N2O2/c17-9-7-11-3-5-12(6-4-11)14(18)16-10-13-2-1-8-15-13/h1-2,8,11-12,15,17H,3-7,9-10H2,(H,16,18). The minimum Gasteiger partial charge on any atom is -0.396 e. The molecule has 1 amide bonds. The average molecular weight is 250 g/mol. The van der Waals surface area contributed by atoms with Crippen LogP contribution in [0.2, 0.25) is 0 Å². The van der Waals surface area contributed by atoms with Crippen molar-refractivity contribution in [3.63, 3.8) is 0 Å². The molecule has 0 saturated heterocycles. The number of hydrogen-bond acceptors (Lipinski definition) is 2. The highest BCUT2D eigenvalue weighted by atomic mass is 16.3. The largest absolute Gasteiger partial charge is 0.396 e. The predicted molar refractivity (Wildman–Crippen MR) is 69.8 cm³/mol. The van der Waals surface area contributed by atoms with Gasteiger partial charge in [-0.15, -0.1) is 0 Å². The number of amides is 1. The molecule has 1 saturated carbocycles. The molecule has 3 N–H and O–H groups in total. The van der Waals surface area contributed by atoms with E-state index in [2.05, 4.69) is 10.3 Å². The Morgan fingerprint density at radius 1 is 1.39 bits per heavy atom. The number of rotatable bonds is 5. The molecule has 18 heavy (non-hydrogen) atoms. The van der Waals surface area contributed by atoms with Crippen LogP contribution in [0, 0.1) is 11.8 Å². The van der Waals surface area contributed by atoms with Crippen LogP contribution in [0.1, 0.15) is 37.8 Å². The second-order valence-corrected chi connectivity index (χ2v) is 5.14. The Bertz CT molecular complexity index is 354. The zero-order valence-corrected chi connectivity index (χ0v) is 10.7. The van der Waals surface area contributed by atoms with Crippen molar-refractivity contribution >= 4 is 5.91 Å². The van der Waals surface area contributed by atoms with Gasteiger partial charge in [-0.2, -0.15) is 0 Å². The number of aromatic nitrogens is 1. The molecule has 4 heteroatoms. The number of aliphatic hydroxyl groups is 1. The zero-order valence-electron chi connectivity index (χ0n) is 10.7. The van der Waals surface area contributed by atoms with Gasteiger partial charge in [0.1, 0.15) is 0 Å². The second-order valence-electron chi connectivity index (χ2n) is 5.14. The van der Waals surface area contributed by atoms with Crippen molar-refractivity contribution in [2.75, 3.05) is 6.61 Å². The van der Waals surface area contributed by atoms with Crippen LogP contribution >= 0.6 is 0 Å². The highest BCUT2D eigenvalue weighted by Crippen LogP contribution is 2.30. The lowest BCUT2D eigenvalue weighted by Crippen LogP contribution is -2.33. The molecule has 4 nitrogen and oxygen atoms in total. The SMILES string of the molecule is O=C(NCc1ccc[nH]1)C1CCC(CCO)CC1. The summed E-state index contributed by atoms with van der Waals surface area (Å²) in [6.45, 7) is 0.858. The molecule has 1 heterocycles. The van der Waals surface area contributed by atoms with E-state index in [9.17, 15) is 4.79 Å². The number of H-pyrrole nitrogens is 1. The Labute approximate surface area is 108 Å². The monoisotopic (exact) mass is 250 g/mol. The second kappa shape index (κ2) is 6.59. The maximum absolute atomic E-state index is 12.0. The van der Waals surface area contributed by atoms with Crippen molar-refractivity contribution in [1.82, 2.24) is 10.3 Å². The maximum Gasteiger partial charge on any atom is 0.223 e. The van der Waals surface area contributed by atoms with E-state index in [1.807, 2.05) is 18.3 Å². The van der Waals surface area contributed by atoms with Crippen molar-refractivity contribution in [1.29, 1.82) is 0 Å². The third kappa shape index (κ3) is 3.60. The molecule has 1 aromatic rings. The average Bonchev–Trinajstić information content (AvgIpc) is 2.90.